The zero-order chi connectivity index (χ0) is 12.6. The molecule has 2 rings (SSSR count). The Morgan fingerprint density at radius 2 is 2.18 bits per heavy atom. The van der Waals surface area contributed by atoms with Crippen molar-refractivity contribution < 1.29 is 9.90 Å². The second-order valence-electron chi connectivity index (χ2n) is 4.85. The molecule has 17 heavy (non-hydrogen) atoms. The lowest BCUT2D eigenvalue weighted by Gasteiger charge is -2.27. The van der Waals surface area contributed by atoms with Crippen LogP contribution in [0.2, 0.25) is 0 Å². The Morgan fingerprint density at radius 1 is 1.53 bits per heavy atom. The first-order valence-corrected chi connectivity index (χ1v) is 5.75. The average molecular weight is 235 g/mol. The number of anilines is 1. The third-order valence-corrected chi connectivity index (χ3v) is 3.29. The van der Waals surface area contributed by atoms with E-state index in [1.807, 2.05) is 13.8 Å². The minimum atomic E-state index is -0.937. The molecule has 0 saturated heterocycles. The van der Waals surface area contributed by atoms with Gasteiger partial charge in [-0.05, 0) is 39.5 Å². The highest BCUT2D eigenvalue weighted by molar-refractivity contribution is 5.83. The standard InChI is InChI=1S/C12H17N3O2/c1-7-6-13-8(2)10(14-7)15-12(3,11(16)17)9-4-5-9/h6,9H,4-5H2,1-3H3,(H,14,15)(H,16,17). The van der Waals surface area contributed by atoms with Gasteiger partial charge >= 0.3 is 5.97 Å². The summed E-state index contributed by atoms with van der Waals surface area (Å²) in [5.41, 5.74) is 0.568. The molecule has 1 heterocycles. The first-order chi connectivity index (χ1) is 7.93. The smallest absolute Gasteiger partial charge is 0.329 e. The van der Waals surface area contributed by atoms with E-state index in [1.165, 1.54) is 0 Å². The van der Waals surface area contributed by atoms with Gasteiger partial charge in [-0.2, -0.15) is 0 Å². The molecule has 2 N–H and O–H groups in total. The van der Waals surface area contributed by atoms with E-state index in [0.29, 0.717) is 5.82 Å². The van der Waals surface area contributed by atoms with Crippen molar-refractivity contribution in [2.24, 2.45) is 5.92 Å². The van der Waals surface area contributed by atoms with Gasteiger partial charge in [0, 0.05) is 6.20 Å². The molecule has 1 aromatic rings. The highest BCUT2D eigenvalue weighted by Crippen LogP contribution is 2.41. The number of carbonyl (C=O) groups is 1. The van der Waals surface area contributed by atoms with E-state index in [1.54, 1.807) is 13.1 Å². The lowest BCUT2D eigenvalue weighted by molar-refractivity contribution is -0.142. The molecule has 5 heteroatoms. The van der Waals surface area contributed by atoms with Crippen LogP contribution in [-0.4, -0.2) is 26.6 Å². The Kier molecular flexibility index (Phi) is 2.77. The molecule has 1 saturated carbocycles. The minimum absolute atomic E-state index is 0.182. The molecule has 1 aliphatic carbocycles. The highest BCUT2D eigenvalue weighted by atomic mass is 16.4. The molecule has 5 nitrogen and oxygen atoms in total. The van der Waals surface area contributed by atoms with Crippen LogP contribution in [-0.2, 0) is 4.79 Å². The fraction of sp³-hybridized carbons (Fsp3) is 0.583. The summed E-state index contributed by atoms with van der Waals surface area (Å²) in [7, 11) is 0. The molecule has 92 valence electrons. The van der Waals surface area contributed by atoms with Crippen molar-refractivity contribution in [2.45, 2.75) is 39.2 Å². The molecule has 0 amide bonds. The van der Waals surface area contributed by atoms with Crippen LogP contribution in [0, 0.1) is 19.8 Å². The van der Waals surface area contributed by atoms with E-state index < -0.39 is 11.5 Å². The number of nitrogens with zero attached hydrogens (tertiary/aromatic N) is 2. The number of aryl methyl sites for hydroxylation is 2. The van der Waals surface area contributed by atoms with Crippen LogP contribution in [0.1, 0.15) is 31.2 Å². The molecule has 1 atom stereocenters. The molecular formula is C12H17N3O2. The fourth-order valence-electron chi connectivity index (χ4n) is 1.89. The molecule has 1 fully saturated rings. The molecule has 0 radical (unpaired) electrons. The van der Waals surface area contributed by atoms with E-state index in [0.717, 1.165) is 24.2 Å². The Morgan fingerprint density at radius 3 is 2.71 bits per heavy atom. The highest BCUT2D eigenvalue weighted by Gasteiger charge is 2.48. The second-order valence-corrected chi connectivity index (χ2v) is 4.85. The van der Waals surface area contributed by atoms with Crippen molar-refractivity contribution in [3.8, 4) is 0 Å². The van der Waals surface area contributed by atoms with E-state index in [9.17, 15) is 9.90 Å². The third-order valence-electron chi connectivity index (χ3n) is 3.29. The van der Waals surface area contributed by atoms with Gasteiger partial charge in [-0.1, -0.05) is 0 Å². The molecule has 0 aliphatic heterocycles. The van der Waals surface area contributed by atoms with Crippen molar-refractivity contribution in [1.82, 2.24) is 9.97 Å². The molecule has 0 spiro atoms. The van der Waals surface area contributed by atoms with Gasteiger partial charge in [0.2, 0.25) is 0 Å². The summed E-state index contributed by atoms with van der Waals surface area (Å²) in [5, 5.41) is 12.4. The Hall–Kier alpha value is -1.65. The number of nitrogens with one attached hydrogen (secondary N) is 1. The number of aliphatic carboxylic acids is 1. The average Bonchev–Trinajstić information content (AvgIpc) is 3.06. The quantitative estimate of drug-likeness (QED) is 0.831. The Bertz CT molecular complexity index is 457. The number of aromatic nitrogens is 2. The summed E-state index contributed by atoms with van der Waals surface area (Å²) in [5.74, 6) is -0.0776. The largest absolute Gasteiger partial charge is 0.480 e. The molecular weight excluding hydrogens is 218 g/mol. The van der Waals surface area contributed by atoms with E-state index in [2.05, 4.69) is 15.3 Å². The van der Waals surface area contributed by atoms with Gasteiger partial charge < -0.3 is 10.4 Å². The van der Waals surface area contributed by atoms with Crippen LogP contribution in [0.4, 0.5) is 5.82 Å². The summed E-state index contributed by atoms with van der Waals surface area (Å²) in [6.07, 6.45) is 3.58. The predicted molar refractivity (Wildman–Crippen MR) is 63.9 cm³/mol. The summed E-state index contributed by atoms with van der Waals surface area (Å²) in [6.45, 7) is 5.38. The van der Waals surface area contributed by atoms with E-state index in [-0.39, 0.29) is 5.92 Å². The Balaban J connectivity index is 2.29. The van der Waals surface area contributed by atoms with E-state index in [4.69, 9.17) is 0 Å². The summed E-state index contributed by atoms with van der Waals surface area (Å²) in [4.78, 5) is 19.9. The van der Waals surface area contributed by atoms with Crippen LogP contribution >= 0.6 is 0 Å². The van der Waals surface area contributed by atoms with Gasteiger partial charge in [0.05, 0.1) is 11.4 Å². The maximum Gasteiger partial charge on any atom is 0.329 e. The predicted octanol–water partition coefficient (Wildman–Crippen LogP) is 1.76. The zero-order valence-electron chi connectivity index (χ0n) is 10.3. The maximum absolute atomic E-state index is 11.4. The summed E-state index contributed by atoms with van der Waals surface area (Å²) < 4.78 is 0. The number of carboxylic acid groups (broad SMARTS) is 1. The number of hydrogen-bond donors (Lipinski definition) is 2. The number of hydrogen-bond acceptors (Lipinski definition) is 4. The van der Waals surface area contributed by atoms with Crippen LogP contribution in [0.3, 0.4) is 0 Å². The van der Waals surface area contributed by atoms with Crippen LogP contribution < -0.4 is 5.32 Å². The van der Waals surface area contributed by atoms with Gasteiger partial charge in [-0.3, -0.25) is 4.98 Å². The topological polar surface area (TPSA) is 75.1 Å². The van der Waals surface area contributed by atoms with Crippen molar-refractivity contribution in [2.75, 3.05) is 5.32 Å². The molecule has 1 aromatic heterocycles. The Labute approximate surface area is 100 Å². The van der Waals surface area contributed by atoms with Gasteiger partial charge in [0.25, 0.3) is 0 Å². The number of carboxylic acids is 1. The summed E-state index contributed by atoms with van der Waals surface area (Å²) >= 11 is 0. The monoisotopic (exact) mass is 235 g/mol. The van der Waals surface area contributed by atoms with Crippen molar-refractivity contribution in [3.63, 3.8) is 0 Å². The van der Waals surface area contributed by atoms with Crippen molar-refractivity contribution in [1.29, 1.82) is 0 Å². The maximum atomic E-state index is 11.4. The minimum Gasteiger partial charge on any atom is -0.480 e. The second kappa shape index (κ2) is 3.98. The zero-order valence-corrected chi connectivity index (χ0v) is 10.3. The molecule has 1 unspecified atom stereocenters. The lowest BCUT2D eigenvalue weighted by atomic mass is 9.96. The van der Waals surface area contributed by atoms with Gasteiger partial charge in [0.15, 0.2) is 0 Å². The lowest BCUT2D eigenvalue weighted by Crippen LogP contribution is -2.46. The van der Waals surface area contributed by atoms with E-state index >= 15 is 0 Å². The fourth-order valence-corrected chi connectivity index (χ4v) is 1.89. The number of rotatable bonds is 4. The van der Waals surface area contributed by atoms with Gasteiger partial charge in [-0.25, -0.2) is 9.78 Å². The molecule has 0 aromatic carbocycles. The normalized spacial score (nSPS) is 18.5. The van der Waals surface area contributed by atoms with Crippen molar-refractivity contribution in [3.05, 3.63) is 17.6 Å². The summed E-state index contributed by atoms with van der Waals surface area (Å²) in [6, 6.07) is 0. The van der Waals surface area contributed by atoms with Crippen LogP contribution in [0.25, 0.3) is 0 Å². The third kappa shape index (κ3) is 2.23. The van der Waals surface area contributed by atoms with Gasteiger partial charge in [-0.15, -0.1) is 0 Å². The first kappa shape index (κ1) is 11.8. The molecule has 0 bridgehead atoms. The van der Waals surface area contributed by atoms with Crippen molar-refractivity contribution >= 4 is 11.8 Å². The van der Waals surface area contributed by atoms with Crippen LogP contribution in [0.15, 0.2) is 6.20 Å². The first-order valence-electron chi connectivity index (χ1n) is 5.75. The molecule has 1 aliphatic rings. The van der Waals surface area contributed by atoms with Crippen LogP contribution in [0.5, 0.6) is 0 Å². The SMILES string of the molecule is Cc1cnc(C)c(NC(C)(C(=O)O)C2CC2)n1. The van der Waals surface area contributed by atoms with Gasteiger partial charge in [0.1, 0.15) is 11.4 Å².